The molecule has 0 aliphatic carbocycles. The van der Waals surface area contributed by atoms with Gasteiger partial charge in [0.05, 0.1) is 0 Å². The van der Waals surface area contributed by atoms with Gasteiger partial charge in [0.25, 0.3) is 0 Å². The van der Waals surface area contributed by atoms with Crippen molar-refractivity contribution in [2.45, 2.75) is 13.2 Å². The number of carbonyl (C=O) groups is 1. The SMILES string of the molecule is C=CC(=O)NCOC(C)OC. The first-order chi connectivity index (χ1) is 5.20. The normalized spacial score (nSPS) is 12.2. The van der Waals surface area contributed by atoms with E-state index in [1.165, 1.54) is 13.2 Å². The van der Waals surface area contributed by atoms with Crippen LogP contribution in [0.25, 0.3) is 0 Å². The van der Waals surface area contributed by atoms with Gasteiger partial charge < -0.3 is 14.8 Å². The molecule has 0 aliphatic rings. The maximum Gasteiger partial charge on any atom is 0.245 e. The number of methoxy groups -OCH3 is 1. The molecule has 1 atom stereocenters. The standard InChI is InChI=1S/C7H13NO3/c1-4-7(9)8-5-11-6(2)10-3/h4,6H,1,5H2,2-3H3,(H,8,9). The molecule has 0 saturated carbocycles. The maximum atomic E-state index is 10.5. The zero-order valence-electron chi connectivity index (χ0n) is 6.79. The Morgan fingerprint density at radius 1 is 1.82 bits per heavy atom. The van der Waals surface area contributed by atoms with E-state index < -0.39 is 0 Å². The Morgan fingerprint density at radius 2 is 2.45 bits per heavy atom. The zero-order chi connectivity index (χ0) is 8.69. The van der Waals surface area contributed by atoms with E-state index in [9.17, 15) is 4.79 Å². The Morgan fingerprint density at radius 3 is 2.91 bits per heavy atom. The molecule has 0 aliphatic heterocycles. The van der Waals surface area contributed by atoms with E-state index >= 15 is 0 Å². The van der Waals surface area contributed by atoms with E-state index in [0.29, 0.717) is 0 Å². The average Bonchev–Trinajstić information content (AvgIpc) is 2.04. The van der Waals surface area contributed by atoms with Crippen molar-refractivity contribution in [2.24, 2.45) is 0 Å². The Balaban J connectivity index is 3.26. The van der Waals surface area contributed by atoms with Gasteiger partial charge in [-0.15, -0.1) is 0 Å². The summed E-state index contributed by atoms with van der Waals surface area (Å²) >= 11 is 0. The minimum atomic E-state index is -0.305. The van der Waals surface area contributed by atoms with Crippen molar-refractivity contribution in [1.82, 2.24) is 5.32 Å². The monoisotopic (exact) mass is 159 g/mol. The lowest BCUT2D eigenvalue weighted by Crippen LogP contribution is -2.27. The maximum absolute atomic E-state index is 10.5. The summed E-state index contributed by atoms with van der Waals surface area (Å²) in [6.07, 6.45) is 0.876. The molecule has 0 heterocycles. The van der Waals surface area contributed by atoms with E-state index in [2.05, 4.69) is 11.9 Å². The molecule has 0 rings (SSSR count). The number of carbonyl (C=O) groups excluding carboxylic acids is 1. The first-order valence-electron chi connectivity index (χ1n) is 3.25. The Kier molecular flexibility index (Phi) is 5.42. The van der Waals surface area contributed by atoms with Gasteiger partial charge in [-0.25, -0.2) is 0 Å². The lowest BCUT2D eigenvalue weighted by Gasteiger charge is -2.10. The first kappa shape index (κ1) is 10.1. The van der Waals surface area contributed by atoms with Crippen LogP contribution in [0.2, 0.25) is 0 Å². The predicted octanol–water partition coefficient (Wildman–Crippen LogP) is 0.255. The fourth-order valence-corrected chi connectivity index (χ4v) is 0.370. The van der Waals surface area contributed by atoms with Gasteiger partial charge in [-0.3, -0.25) is 4.79 Å². The third kappa shape index (κ3) is 5.57. The summed E-state index contributed by atoms with van der Waals surface area (Å²) in [5.41, 5.74) is 0. The molecule has 64 valence electrons. The summed E-state index contributed by atoms with van der Waals surface area (Å²) < 4.78 is 9.73. The van der Waals surface area contributed by atoms with Crippen LogP contribution in [0.15, 0.2) is 12.7 Å². The quantitative estimate of drug-likeness (QED) is 0.462. The van der Waals surface area contributed by atoms with Crippen molar-refractivity contribution in [3.8, 4) is 0 Å². The molecule has 0 aromatic carbocycles. The molecular weight excluding hydrogens is 146 g/mol. The summed E-state index contributed by atoms with van der Waals surface area (Å²) in [6.45, 7) is 5.15. The zero-order valence-corrected chi connectivity index (χ0v) is 6.79. The highest BCUT2D eigenvalue weighted by Crippen LogP contribution is 1.87. The Hall–Kier alpha value is -0.870. The van der Waals surface area contributed by atoms with E-state index in [4.69, 9.17) is 9.47 Å². The van der Waals surface area contributed by atoms with Crippen LogP contribution in [0.3, 0.4) is 0 Å². The average molecular weight is 159 g/mol. The van der Waals surface area contributed by atoms with Gasteiger partial charge in [-0.2, -0.15) is 0 Å². The van der Waals surface area contributed by atoms with Gasteiger partial charge in [0.15, 0.2) is 6.29 Å². The van der Waals surface area contributed by atoms with Crippen LogP contribution in [0.4, 0.5) is 0 Å². The van der Waals surface area contributed by atoms with Crippen molar-refractivity contribution in [1.29, 1.82) is 0 Å². The van der Waals surface area contributed by atoms with Gasteiger partial charge in [-0.05, 0) is 13.0 Å². The summed E-state index contributed by atoms with van der Waals surface area (Å²) in [6, 6.07) is 0. The molecular formula is C7H13NO3. The van der Waals surface area contributed by atoms with Crippen molar-refractivity contribution in [2.75, 3.05) is 13.8 Å². The predicted molar refractivity (Wildman–Crippen MR) is 40.8 cm³/mol. The minimum absolute atomic E-state index is 0.139. The van der Waals surface area contributed by atoms with Crippen molar-refractivity contribution in [3.63, 3.8) is 0 Å². The number of ether oxygens (including phenoxy) is 2. The highest BCUT2D eigenvalue weighted by molar-refractivity contribution is 5.86. The van der Waals surface area contributed by atoms with Gasteiger partial charge in [0.2, 0.25) is 5.91 Å². The third-order valence-corrected chi connectivity index (χ3v) is 1.08. The largest absolute Gasteiger partial charge is 0.356 e. The van der Waals surface area contributed by atoms with Crippen LogP contribution in [0.5, 0.6) is 0 Å². The molecule has 4 nitrogen and oxygen atoms in total. The molecule has 0 bridgehead atoms. The minimum Gasteiger partial charge on any atom is -0.356 e. The van der Waals surface area contributed by atoms with Crippen molar-refractivity contribution < 1.29 is 14.3 Å². The fraction of sp³-hybridized carbons (Fsp3) is 0.571. The number of hydrogen-bond donors (Lipinski definition) is 1. The molecule has 0 aromatic heterocycles. The van der Waals surface area contributed by atoms with E-state index in [0.717, 1.165) is 0 Å². The molecule has 0 aromatic rings. The van der Waals surface area contributed by atoms with Crippen LogP contribution in [0.1, 0.15) is 6.92 Å². The molecule has 11 heavy (non-hydrogen) atoms. The highest BCUT2D eigenvalue weighted by atomic mass is 16.7. The van der Waals surface area contributed by atoms with Gasteiger partial charge in [-0.1, -0.05) is 6.58 Å². The molecule has 0 radical (unpaired) electrons. The van der Waals surface area contributed by atoms with E-state index in [-0.39, 0.29) is 18.9 Å². The van der Waals surface area contributed by atoms with E-state index in [1.54, 1.807) is 6.92 Å². The summed E-state index contributed by atoms with van der Waals surface area (Å²) in [4.78, 5) is 10.5. The van der Waals surface area contributed by atoms with Crippen molar-refractivity contribution >= 4 is 5.91 Å². The number of rotatable bonds is 5. The van der Waals surface area contributed by atoms with Crippen LogP contribution in [-0.4, -0.2) is 26.0 Å². The molecule has 1 amide bonds. The smallest absolute Gasteiger partial charge is 0.245 e. The summed E-state index contributed by atoms with van der Waals surface area (Å²) in [5, 5.41) is 2.44. The topological polar surface area (TPSA) is 47.6 Å². The van der Waals surface area contributed by atoms with E-state index in [1.807, 2.05) is 0 Å². The van der Waals surface area contributed by atoms with Crippen LogP contribution < -0.4 is 5.32 Å². The van der Waals surface area contributed by atoms with Crippen molar-refractivity contribution in [3.05, 3.63) is 12.7 Å². The Labute approximate surface area is 66.2 Å². The molecule has 1 unspecified atom stereocenters. The second-order valence-corrected chi connectivity index (χ2v) is 1.86. The van der Waals surface area contributed by atoms with Gasteiger partial charge >= 0.3 is 0 Å². The lowest BCUT2D eigenvalue weighted by molar-refractivity contribution is -0.130. The second kappa shape index (κ2) is 5.88. The lowest BCUT2D eigenvalue weighted by atomic mass is 10.6. The fourth-order valence-electron chi connectivity index (χ4n) is 0.370. The second-order valence-electron chi connectivity index (χ2n) is 1.86. The third-order valence-electron chi connectivity index (χ3n) is 1.08. The first-order valence-corrected chi connectivity index (χ1v) is 3.25. The van der Waals surface area contributed by atoms with Crippen LogP contribution >= 0.6 is 0 Å². The number of nitrogens with one attached hydrogen (secondary N) is 1. The van der Waals surface area contributed by atoms with Crippen LogP contribution in [0, 0.1) is 0 Å². The summed E-state index contributed by atoms with van der Waals surface area (Å²) in [7, 11) is 1.53. The molecule has 0 fully saturated rings. The summed E-state index contributed by atoms with van der Waals surface area (Å²) in [5.74, 6) is -0.256. The van der Waals surface area contributed by atoms with Gasteiger partial charge in [0, 0.05) is 7.11 Å². The number of amides is 1. The van der Waals surface area contributed by atoms with Gasteiger partial charge in [0.1, 0.15) is 6.73 Å². The molecule has 0 spiro atoms. The Bertz CT molecular complexity index is 136. The number of hydrogen-bond acceptors (Lipinski definition) is 3. The molecule has 0 saturated heterocycles. The molecule has 1 N–H and O–H groups in total. The highest BCUT2D eigenvalue weighted by Gasteiger charge is 1.97. The van der Waals surface area contributed by atoms with Crippen LogP contribution in [-0.2, 0) is 14.3 Å². The molecule has 4 heteroatoms.